The molecule has 0 atom stereocenters. The van der Waals surface area contributed by atoms with Crippen molar-refractivity contribution < 1.29 is 58.8 Å². The SMILES string of the molecule is [Au].[Cu].[H-].[H-].[Ni].[Sr+2]. The molecule has 0 N–H and O–H groups in total. The second-order valence-corrected chi connectivity index (χ2v) is 0. The Morgan fingerprint density at radius 1 is 1.25 bits per heavy atom. The first kappa shape index (κ1) is 26.9. The third-order valence-electron chi connectivity index (χ3n) is 0. The first-order valence-electron chi connectivity index (χ1n) is 0. The maximum atomic E-state index is 0. The summed E-state index contributed by atoms with van der Waals surface area (Å²) in [6, 6.07) is 0. The maximum absolute atomic E-state index is 0. The second-order valence-electron chi connectivity index (χ2n) is 0. The van der Waals surface area contributed by atoms with Crippen LogP contribution in [0.5, 0.6) is 0 Å². The van der Waals surface area contributed by atoms with E-state index in [2.05, 4.69) is 0 Å². The van der Waals surface area contributed by atoms with Gasteiger partial charge in [-0.05, 0) is 0 Å². The molecule has 36 valence electrons. The molecule has 4 heavy (non-hydrogen) atoms. The molecule has 0 aromatic rings. The predicted molar refractivity (Wildman–Crippen MR) is 7.98 cm³/mol. The molecule has 0 fully saturated rings. The van der Waals surface area contributed by atoms with Crippen LogP contribution in [0.2, 0.25) is 0 Å². The number of hydrogen-bond donors (Lipinski definition) is 0. The third-order valence-corrected chi connectivity index (χ3v) is 0. The monoisotopic (exact) mass is 408 g/mol. The molecule has 0 saturated heterocycles. The van der Waals surface area contributed by atoms with E-state index in [-0.39, 0.29) is 104 Å². The summed E-state index contributed by atoms with van der Waals surface area (Å²) < 4.78 is 0. The fourth-order valence-electron chi connectivity index (χ4n) is 0. The molecule has 0 unspecified atom stereocenters. The smallest absolute Gasteiger partial charge is 1.00 e. The Bertz CT molecular complexity index is 13.5. The van der Waals surface area contributed by atoms with Crippen LogP contribution in [0, 0.1) is 0 Å². The third kappa shape index (κ3) is 8.97. The Labute approximate surface area is 102 Å². The van der Waals surface area contributed by atoms with Crippen molar-refractivity contribution in [2.24, 2.45) is 0 Å². The quantitative estimate of drug-likeness (QED) is 0.489. The first-order valence-corrected chi connectivity index (χ1v) is 0. The second kappa shape index (κ2) is 16.3. The molecule has 0 aliphatic carbocycles. The Hall–Kier alpha value is 3.23. The molecule has 0 amide bonds. The zero-order valence-corrected chi connectivity index (χ0v) is 9.20. The van der Waals surface area contributed by atoms with Gasteiger partial charge in [-0.25, -0.2) is 0 Å². The van der Waals surface area contributed by atoms with Crippen molar-refractivity contribution in [1.82, 2.24) is 0 Å². The van der Waals surface area contributed by atoms with Gasteiger partial charge in [0.1, 0.15) is 0 Å². The van der Waals surface area contributed by atoms with Gasteiger partial charge in [-0.2, -0.15) is 0 Å². The van der Waals surface area contributed by atoms with Crippen LogP contribution >= 0.6 is 0 Å². The Balaban J connectivity index is 0. The van der Waals surface area contributed by atoms with Crippen LogP contribution < -0.4 is 0 Å². The van der Waals surface area contributed by atoms with Crippen molar-refractivity contribution in [3.63, 3.8) is 0 Å². The van der Waals surface area contributed by atoms with Crippen molar-refractivity contribution in [3.8, 4) is 0 Å². The Morgan fingerprint density at radius 3 is 1.25 bits per heavy atom. The molecular formula is H2AuCuNiSr. The van der Waals surface area contributed by atoms with Gasteiger partial charge in [-0.1, -0.05) is 0 Å². The first-order chi connectivity index (χ1) is 0. The average molecular weight is 409 g/mol. The van der Waals surface area contributed by atoms with Crippen LogP contribution in [-0.4, -0.2) is 45.5 Å². The van der Waals surface area contributed by atoms with Crippen molar-refractivity contribution in [1.29, 1.82) is 0 Å². The molecule has 0 nitrogen and oxygen atoms in total. The molecule has 0 saturated carbocycles. The molecule has 0 aliphatic rings. The van der Waals surface area contributed by atoms with Gasteiger partial charge in [0.2, 0.25) is 0 Å². The molecule has 0 bridgehead atoms. The predicted octanol–water partition coefficient (Wildman–Crippen LogP) is -0.163. The van der Waals surface area contributed by atoms with Crippen LogP contribution in [-0.2, 0) is 55.9 Å². The van der Waals surface area contributed by atoms with Gasteiger partial charge in [0.15, 0.2) is 0 Å². The molecular weight excluding hydrogens is 407 g/mol. The summed E-state index contributed by atoms with van der Waals surface area (Å²) in [7, 11) is 0. The van der Waals surface area contributed by atoms with Gasteiger partial charge in [0, 0.05) is 55.9 Å². The Kier molecular flexibility index (Phi) is 110. The van der Waals surface area contributed by atoms with Crippen LogP contribution in [0.15, 0.2) is 0 Å². The van der Waals surface area contributed by atoms with E-state index >= 15 is 0 Å². The molecule has 0 aliphatic heterocycles. The fourth-order valence-corrected chi connectivity index (χ4v) is 0. The Morgan fingerprint density at radius 2 is 1.25 bits per heavy atom. The van der Waals surface area contributed by atoms with Gasteiger partial charge in [-0.3, -0.25) is 0 Å². The minimum absolute atomic E-state index is 0. The largest absolute Gasteiger partial charge is 2.00 e. The van der Waals surface area contributed by atoms with Gasteiger partial charge in [-0.15, -0.1) is 0 Å². The van der Waals surface area contributed by atoms with Gasteiger partial charge in [0.05, 0.1) is 0 Å². The zero-order chi connectivity index (χ0) is 0. The molecule has 0 spiro atoms. The van der Waals surface area contributed by atoms with Gasteiger partial charge in [0.25, 0.3) is 0 Å². The summed E-state index contributed by atoms with van der Waals surface area (Å²) >= 11 is 0. The molecule has 0 rings (SSSR count). The minimum Gasteiger partial charge on any atom is -1.00 e. The summed E-state index contributed by atoms with van der Waals surface area (Å²) in [6.45, 7) is 0. The van der Waals surface area contributed by atoms with Crippen molar-refractivity contribution in [2.75, 3.05) is 0 Å². The van der Waals surface area contributed by atoms with E-state index in [0.717, 1.165) is 0 Å². The number of hydrogen-bond acceptors (Lipinski definition) is 0. The van der Waals surface area contributed by atoms with Crippen molar-refractivity contribution in [2.45, 2.75) is 0 Å². The van der Waals surface area contributed by atoms with E-state index in [1.165, 1.54) is 0 Å². The van der Waals surface area contributed by atoms with Crippen molar-refractivity contribution in [3.05, 3.63) is 0 Å². The maximum Gasteiger partial charge on any atom is 2.00 e. The van der Waals surface area contributed by atoms with Crippen LogP contribution in [0.4, 0.5) is 0 Å². The molecule has 2 radical (unpaired) electrons. The summed E-state index contributed by atoms with van der Waals surface area (Å²) in [4.78, 5) is 0. The van der Waals surface area contributed by atoms with E-state index in [4.69, 9.17) is 0 Å². The van der Waals surface area contributed by atoms with Gasteiger partial charge >= 0.3 is 45.5 Å². The summed E-state index contributed by atoms with van der Waals surface area (Å²) in [5, 5.41) is 0. The van der Waals surface area contributed by atoms with E-state index in [0.29, 0.717) is 0 Å². The zero-order valence-electron chi connectivity index (χ0n) is 3.63. The van der Waals surface area contributed by atoms with Crippen LogP contribution in [0.25, 0.3) is 0 Å². The summed E-state index contributed by atoms with van der Waals surface area (Å²) in [6.07, 6.45) is 0. The summed E-state index contributed by atoms with van der Waals surface area (Å²) in [5.74, 6) is 0. The van der Waals surface area contributed by atoms with Crippen LogP contribution in [0.1, 0.15) is 2.85 Å². The minimum atomic E-state index is 0. The van der Waals surface area contributed by atoms with Gasteiger partial charge < -0.3 is 2.85 Å². The van der Waals surface area contributed by atoms with E-state index in [1.54, 1.807) is 0 Å². The molecule has 4 heteroatoms. The van der Waals surface area contributed by atoms with E-state index in [9.17, 15) is 0 Å². The number of rotatable bonds is 0. The topological polar surface area (TPSA) is 0 Å². The van der Waals surface area contributed by atoms with Crippen LogP contribution in [0.3, 0.4) is 0 Å². The summed E-state index contributed by atoms with van der Waals surface area (Å²) in [5.41, 5.74) is 0. The van der Waals surface area contributed by atoms with Crippen molar-refractivity contribution >= 4 is 45.5 Å². The standard InChI is InChI=1S/Au.Cu.Ni.Sr.2H/q;;;+2;2*-1. The molecule has 0 aromatic carbocycles. The van der Waals surface area contributed by atoms with E-state index < -0.39 is 0 Å². The fraction of sp³-hybridized carbons (Fsp3) is 0. The molecule has 0 aromatic heterocycles. The van der Waals surface area contributed by atoms with E-state index in [1.807, 2.05) is 0 Å². The molecule has 0 heterocycles. The average Bonchev–Trinajstić information content (AvgIpc) is 0. The normalized spacial score (nSPS) is 0.